The standard InChI is InChI=1S/C25H28N4O6S/c1-14(2)29-23(30)20(36-25(29)33)12-17-6-5-7-18(11-17)34-21-16(4)22(27-13-26-21)35-19-8-9-28(24(31)32)15(3)10-19/h5-7,11-15,19H,8-10H2,1-4H3,(H,31,32)/b20-12-. The fourth-order valence-electron chi connectivity index (χ4n) is 4.17. The fraction of sp³-hybridized carbons (Fsp3) is 0.400. The van der Waals surface area contributed by atoms with E-state index in [4.69, 9.17) is 9.47 Å². The van der Waals surface area contributed by atoms with Gasteiger partial charge in [-0.2, -0.15) is 0 Å². The van der Waals surface area contributed by atoms with Gasteiger partial charge in [0.05, 0.1) is 10.5 Å². The van der Waals surface area contributed by atoms with Crippen molar-refractivity contribution < 1.29 is 29.0 Å². The molecule has 190 valence electrons. The highest BCUT2D eigenvalue weighted by Crippen LogP contribution is 2.35. The lowest BCUT2D eigenvalue weighted by Gasteiger charge is -2.35. The summed E-state index contributed by atoms with van der Waals surface area (Å²) >= 11 is 0.922. The maximum absolute atomic E-state index is 12.6. The molecule has 1 aromatic carbocycles. The molecule has 0 spiro atoms. The molecule has 2 saturated heterocycles. The Hall–Kier alpha value is -3.60. The number of thioether (sulfide) groups is 1. The molecule has 11 heteroatoms. The largest absolute Gasteiger partial charge is 0.474 e. The minimum atomic E-state index is -0.924. The number of carbonyl (C=O) groups excluding carboxylic acids is 2. The molecule has 0 saturated carbocycles. The number of likely N-dealkylation sites (tertiary alicyclic amines) is 1. The summed E-state index contributed by atoms with van der Waals surface area (Å²) in [6.07, 6.45) is 3.08. The SMILES string of the molecule is Cc1c(Oc2cccc(/C=C3\SC(=O)N(C(C)C)C3=O)c2)ncnc1OC1CCN(C(=O)O)C(C)C1. The van der Waals surface area contributed by atoms with Crippen LogP contribution in [-0.4, -0.2) is 66.8 Å². The molecule has 0 aliphatic carbocycles. The van der Waals surface area contributed by atoms with Gasteiger partial charge in [-0.3, -0.25) is 14.5 Å². The Morgan fingerprint density at radius 2 is 2.00 bits per heavy atom. The van der Waals surface area contributed by atoms with Crippen molar-refractivity contribution in [3.8, 4) is 17.5 Å². The van der Waals surface area contributed by atoms with E-state index in [0.717, 1.165) is 11.8 Å². The first kappa shape index (κ1) is 25.5. The first-order valence-corrected chi connectivity index (χ1v) is 12.5. The van der Waals surface area contributed by atoms with E-state index in [1.165, 1.54) is 16.1 Å². The van der Waals surface area contributed by atoms with E-state index in [1.54, 1.807) is 45.0 Å². The minimum absolute atomic E-state index is 0.149. The summed E-state index contributed by atoms with van der Waals surface area (Å²) in [7, 11) is 0. The smallest absolute Gasteiger partial charge is 0.407 e. The lowest BCUT2D eigenvalue weighted by atomic mass is 10.0. The number of carbonyl (C=O) groups is 3. The Balaban J connectivity index is 1.47. The van der Waals surface area contributed by atoms with Gasteiger partial charge in [0.2, 0.25) is 11.8 Å². The predicted octanol–water partition coefficient (Wildman–Crippen LogP) is 4.93. The fourth-order valence-corrected chi connectivity index (χ4v) is 5.14. The minimum Gasteiger partial charge on any atom is -0.474 e. The van der Waals surface area contributed by atoms with Crippen LogP contribution in [0.1, 0.15) is 44.7 Å². The molecule has 1 aromatic heterocycles. The zero-order chi connectivity index (χ0) is 26.0. The molecule has 2 atom stereocenters. The lowest BCUT2D eigenvalue weighted by Crippen LogP contribution is -2.46. The first-order chi connectivity index (χ1) is 17.1. The van der Waals surface area contributed by atoms with Crippen LogP contribution >= 0.6 is 11.8 Å². The summed E-state index contributed by atoms with van der Waals surface area (Å²) < 4.78 is 12.1. The zero-order valence-corrected chi connectivity index (χ0v) is 21.3. The van der Waals surface area contributed by atoms with E-state index in [1.807, 2.05) is 13.0 Å². The van der Waals surface area contributed by atoms with Gasteiger partial charge in [-0.1, -0.05) is 12.1 Å². The average Bonchev–Trinajstić information content (AvgIpc) is 3.09. The highest BCUT2D eigenvalue weighted by Gasteiger charge is 2.36. The second kappa shape index (κ2) is 10.6. The summed E-state index contributed by atoms with van der Waals surface area (Å²) in [5.41, 5.74) is 1.33. The third-order valence-electron chi connectivity index (χ3n) is 6.05. The number of nitrogens with zero attached hydrogens (tertiary/aromatic N) is 4. The molecule has 4 rings (SSSR count). The Bertz CT molecular complexity index is 1220. The molecule has 36 heavy (non-hydrogen) atoms. The molecule has 0 radical (unpaired) electrons. The molecule has 1 N–H and O–H groups in total. The van der Waals surface area contributed by atoms with Gasteiger partial charge in [0, 0.05) is 31.5 Å². The van der Waals surface area contributed by atoms with Gasteiger partial charge in [-0.25, -0.2) is 14.8 Å². The second-order valence-corrected chi connectivity index (χ2v) is 10.0. The lowest BCUT2D eigenvalue weighted by molar-refractivity contribution is -0.123. The number of benzene rings is 1. The summed E-state index contributed by atoms with van der Waals surface area (Å²) in [6.45, 7) is 7.66. The molecular formula is C25H28N4O6S. The van der Waals surface area contributed by atoms with Crippen molar-refractivity contribution in [1.29, 1.82) is 0 Å². The van der Waals surface area contributed by atoms with Gasteiger partial charge < -0.3 is 19.5 Å². The van der Waals surface area contributed by atoms with Crippen LogP contribution in [0.4, 0.5) is 9.59 Å². The normalized spacial score (nSPS) is 21.4. The van der Waals surface area contributed by atoms with Gasteiger partial charge in [0.15, 0.2) is 0 Å². The number of rotatable bonds is 6. The summed E-state index contributed by atoms with van der Waals surface area (Å²) in [5, 5.41) is 8.99. The van der Waals surface area contributed by atoms with Crippen molar-refractivity contribution in [2.24, 2.45) is 0 Å². The van der Waals surface area contributed by atoms with Crippen LogP contribution in [0.25, 0.3) is 6.08 Å². The van der Waals surface area contributed by atoms with E-state index in [2.05, 4.69) is 9.97 Å². The van der Waals surface area contributed by atoms with E-state index >= 15 is 0 Å². The molecule has 2 aromatic rings. The van der Waals surface area contributed by atoms with Gasteiger partial charge >= 0.3 is 6.09 Å². The maximum atomic E-state index is 12.6. The number of ether oxygens (including phenoxy) is 2. The Labute approximate surface area is 213 Å². The van der Waals surface area contributed by atoms with Crippen LogP contribution in [0, 0.1) is 6.92 Å². The van der Waals surface area contributed by atoms with Crippen LogP contribution in [-0.2, 0) is 4.79 Å². The van der Waals surface area contributed by atoms with Crippen LogP contribution < -0.4 is 9.47 Å². The summed E-state index contributed by atoms with van der Waals surface area (Å²) in [5.74, 6) is 0.916. The van der Waals surface area contributed by atoms with E-state index in [9.17, 15) is 19.5 Å². The topological polar surface area (TPSA) is 122 Å². The van der Waals surface area contributed by atoms with E-state index in [0.29, 0.717) is 52.9 Å². The van der Waals surface area contributed by atoms with Crippen molar-refractivity contribution >= 4 is 35.1 Å². The summed E-state index contributed by atoms with van der Waals surface area (Å²) in [6, 6.07) is 6.78. The molecule has 2 aliphatic rings. The Morgan fingerprint density at radius 3 is 2.67 bits per heavy atom. The van der Waals surface area contributed by atoms with Crippen molar-refractivity contribution in [2.75, 3.05) is 6.54 Å². The summed E-state index contributed by atoms with van der Waals surface area (Å²) in [4.78, 5) is 47.5. The highest BCUT2D eigenvalue weighted by atomic mass is 32.2. The third-order valence-corrected chi connectivity index (χ3v) is 6.94. The van der Waals surface area contributed by atoms with Crippen LogP contribution in [0.2, 0.25) is 0 Å². The molecule has 2 fully saturated rings. The molecule has 10 nitrogen and oxygen atoms in total. The van der Waals surface area contributed by atoms with Crippen LogP contribution in [0.5, 0.6) is 17.5 Å². The van der Waals surface area contributed by atoms with E-state index < -0.39 is 6.09 Å². The number of hydrogen-bond acceptors (Lipinski definition) is 8. The molecule has 0 bridgehead atoms. The third kappa shape index (κ3) is 5.46. The Kier molecular flexibility index (Phi) is 7.48. The quantitative estimate of drug-likeness (QED) is 0.537. The van der Waals surface area contributed by atoms with Gasteiger partial charge in [-0.05, 0) is 63.2 Å². The molecule has 3 amide bonds. The highest BCUT2D eigenvalue weighted by molar-refractivity contribution is 8.18. The van der Waals surface area contributed by atoms with E-state index in [-0.39, 0.29) is 29.3 Å². The predicted molar refractivity (Wildman–Crippen MR) is 134 cm³/mol. The van der Waals surface area contributed by atoms with Gasteiger partial charge in [0.25, 0.3) is 11.1 Å². The second-order valence-electron chi connectivity index (χ2n) is 9.02. The van der Waals surface area contributed by atoms with Crippen molar-refractivity contribution in [3.05, 3.63) is 46.6 Å². The van der Waals surface area contributed by atoms with Crippen LogP contribution in [0.15, 0.2) is 35.5 Å². The number of hydrogen-bond donors (Lipinski definition) is 1. The molecule has 3 heterocycles. The van der Waals surface area contributed by atoms with Gasteiger partial charge in [0.1, 0.15) is 18.2 Å². The molecule has 2 unspecified atom stereocenters. The molecule has 2 aliphatic heterocycles. The number of piperidine rings is 1. The van der Waals surface area contributed by atoms with Crippen LogP contribution in [0.3, 0.4) is 0 Å². The zero-order valence-electron chi connectivity index (χ0n) is 20.5. The average molecular weight is 513 g/mol. The Morgan fingerprint density at radius 1 is 1.25 bits per heavy atom. The maximum Gasteiger partial charge on any atom is 0.407 e. The van der Waals surface area contributed by atoms with Crippen molar-refractivity contribution in [1.82, 2.24) is 19.8 Å². The molecular weight excluding hydrogens is 484 g/mol. The number of imide groups is 1. The number of aromatic nitrogens is 2. The number of carboxylic acid groups (broad SMARTS) is 1. The van der Waals surface area contributed by atoms with Gasteiger partial charge in [-0.15, -0.1) is 0 Å². The van der Waals surface area contributed by atoms with Crippen molar-refractivity contribution in [3.63, 3.8) is 0 Å². The monoisotopic (exact) mass is 512 g/mol. The number of amides is 3. The van der Waals surface area contributed by atoms with Crippen molar-refractivity contribution in [2.45, 2.75) is 58.7 Å². The first-order valence-electron chi connectivity index (χ1n) is 11.7.